The number of hydrogen-bond donors (Lipinski definition) is 0. The second-order valence-electron chi connectivity index (χ2n) is 10.8. The van der Waals surface area contributed by atoms with E-state index in [0.29, 0.717) is 17.9 Å². The summed E-state index contributed by atoms with van der Waals surface area (Å²) in [4.78, 5) is 65.3. The highest BCUT2D eigenvalue weighted by molar-refractivity contribution is 9.12. The van der Waals surface area contributed by atoms with Crippen LogP contribution in [0.1, 0.15) is 27.1 Å². The van der Waals surface area contributed by atoms with Gasteiger partial charge in [-0.3, -0.25) is 29.3 Å². The van der Waals surface area contributed by atoms with Crippen LogP contribution in [0.15, 0.2) is 66.7 Å². The highest BCUT2D eigenvalue weighted by Gasteiger charge is 2.67. The Labute approximate surface area is 277 Å². The summed E-state index contributed by atoms with van der Waals surface area (Å²) in [5, 5.41) is 12.9. The molecule has 0 N–H and O–H groups in total. The third-order valence-corrected chi connectivity index (χ3v) is 12.3. The number of imide groups is 1. The first-order valence-electron chi connectivity index (χ1n) is 13.4. The minimum Gasteiger partial charge on any atom is -0.457 e. The monoisotopic (exact) mass is 763 g/mol. The highest BCUT2D eigenvalue weighted by Crippen LogP contribution is 2.60. The molecule has 3 aromatic carbocycles. The van der Waals surface area contributed by atoms with Gasteiger partial charge in [0, 0.05) is 32.9 Å². The summed E-state index contributed by atoms with van der Waals surface area (Å²) in [7, 11) is 0. The normalized spacial score (nSPS) is 25.2. The topological polar surface area (TPSA) is 127 Å². The van der Waals surface area contributed by atoms with Crippen LogP contribution in [0.3, 0.4) is 0 Å². The first-order valence-corrected chi connectivity index (χ1v) is 16.0. The van der Waals surface area contributed by atoms with E-state index in [1.807, 2.05) is 0 Å². The van der Waals surface area contributed by atoms with E-state index in [-0.39, 0.29) is 48.3 Å². The van der Waals surface area contributed by atoms with E-state index in [2.05, 4.69) is 31.9 Å². The number of halogens is 4. The number of Topliss-reactive ketones (excluding diaryl/α,β-unsaturated/α-hetero) is 1. The lowest BCUT2D eigenvalue weighted by atomic mass is 9.81. The van der Waals surface area contributed by atoms with E-state index in [4.69, 9.17) is 27.9 Å². The molecule has 3 amide bonds. The summed E-state index contributed by atoms with van der Waals surface area (Å²) in [5.41, 5.74) is 0.174. The molecule has 3 aliphatic rings. The van der Waals surface area contributed by atoms with E-state index in [1.54, 1.807) is 0 Å². The van der Waals surface area contributed by atoms with Gasteiger partial charge in [0.05, 0.1) is 26.8 Å². The van der Waals surface area contributed by atoms with Crippen molar-refractivity contribution >= 4 is 84.3 Å². The molecule has 3 aromatic rings. The fourth-order valence-electron chi connectivity index (χ4n) is 6.29. The molecular formula is C30H21Br2Cl2N3O7. The molecule has 2 bridgehead atoms. The number of nitro groups is 1. The van der Waals surface area contributed by atoms with Crippen LogP contribution in [-0.4, -0.2) is 54.6 Å². The molecule has 2 saturated carbocycles. The van der Waals surface area contributed by atoms with Crippen LogP contribution in [0.4, 0.5) is 5.69 Å². The number of ether oxygens (including phenoxy) is 1. The van der Waals surface area contributed by atoms with Gasteiger partial charge in [-0.2, -0.15) is 5.01 Å². The molecular weight excluding hydrogens is 745 g/mol. The maximum atomic E-state index is 13.8. The minimum atomic E-state index is -0.755. The lowest BCUT2D eigenvalue weighted by Gasteiger charge is -2.31. The van der Waals surface area contributed by atoms with Crippen LogP contribution < -0.4 is 4.74 Å². The van der Waals surface area contributed by atoms with Crippen molar-refractivity contribution in [3.8, 4) is 11.5 Å². The molecule has 1 saturated heterocycles. The highest BCUT2D eigenvalue weighted by atomic mass is 79.9. The van der Waals surface area contributed by atoms with Gasteiger partial charge < -0.3 is 4.74 Å². The Balaban J connectivity index is 1.26. The van der Waals surface area contributed by atoms with E-state index in [0.717, 1.165) is 10.0 Å². The predicted octanol–water partition coefficient (Wildman–Crippen LogP) is 6.71. The lowest BCUT2D eigenvalue weighted by molar-refractivity contribution is -0.384. The molecule has 0 radical (unpaired) electrons. The van der Waals surface area contributed by atoms with Gasteiger partial charge in [-0.15, -0.1) is 0 Å². The second kappa shape index (κ2) is 11.9. The number of nitro benzene ring substituents is 1. The molecule has 2 aliphatic carbocycles. The summed E-state index contributed by atoms with van der Waals surface area (Å²) in [6, 6.07) is 15.7. The van der Waals surface area contributed by atoms with Gasteiger partial charge in [-0.1, -0.05) is 55.1 Å². The summed E-state index contributed by atoms with van der Waals surface area (Å²) >= 11 is 19.5. The maximum Gasteiger partial charge on any atom is 0.273 e. The van der Waals surface area contributed by atoms with Gasteiger partial charge in [0.15, 0.2) is 5.78 Å². The third-order valence-electron chi connectivity index (χ3n) is 8.36. The lowest BCUT2D eigenvalue weighted by Crippen LogP contribution is -2.52. The Bertz CT molecular complexity index is 1670. The fraction of sp³-hybridized carbons (Fsp3) is 0.267. The zero-order valence-electron chi connectivity index (χ0n) is 22.4. The molecule has 14 heteroatoms. The Morgan fingerprint density at radius 3 is 1.91 bits per heavy atom. The molecule has 226 valence electrons. The zero-order valence-corrected chi connectivity index (χ0v) is 27.1. The van der Waals surface area contributed by atoms with Gasteiger partial charge in [0.25, 0.3) is 23.4 Å². The molecule has 0 spiro atoms. The number of hydrazine groups is 1. The number of fused-ring (bicyclic) bond motifs is 5. The van der Waals surface area contributed by atoms with E-state index in [1.165, 1.54) is 66.7 Å². The number of alkyl halides is 2. The maximum absolute atomic E-state index is 13.8. The largest absolute Gasteiger partial charge is 0.457 e. The molecule has 0 unspecified atom stereocenters. The number of rotatable bonds is 8. The number of amides is 3. The van der Waals surface area contributed by atoms with Gasteiger partial charge >= 0.3 is 0 Å². The molecule has 6 atom stereocenters. The van der Waals surface area contributed by atoms with Crippen LogP contribution in [0, 0.1) is 33.8 Å². The number of hydrogen-bond acceptors (Lipinski definition) is 7. The second-order valence-corrected chi connectivity index (χ2v) is 13.7. The van der Waals surface area contributed by atoms with Crippen LogP contribution in [0.2, 0.25) is 10.0 Å². The van der Waals surface area contributed by atoms with Crippen LogP contribution >= 0.6 is 55.1 Å². The molecule has 3 fully saturated rings. The van der Waals surface area contributed by atoms with Crippen LogP contribution in [0.25, 0.3) is 0 Å². The van der Waals surface area contributed by atoms with Crippen molar-refractivity contribution in [2.75, 3.05) is 6.54 Å². The number of nitrogens with zero attached hydrogens (tertiary/aromatic N) is 3. The summed E-state index contributed by atoms with van der Waals surface area (Å²) in [5.74, 6) is -2.95. The first kappa shape index (κ1) is 30.7. The van der Waals surface area contributed by atoms with Gasteiger partial charge in [0.1, 0.15) is 18.0 Å². The number of carbonyl (C=O) groups is 4. The van der Waals surface area contributed by atoms with Crippen molar-refractivity contribution in [1.29, 1.82) is 0 Å². The Hall–Kier alpha value is -3.32. The Morgan fingerprint density at radius 1 is 0.864 bits per heavy atom. The average Bonchev–Trinajstić information content (AvgIpc) is 3.62. The van der Waals surface area contributed by atoms with Crippen molar-refractivity contribution in [3.63, 3.8) is 0 Å². The predicted molar refractivity (Wildman–Crippen MR) is 167 cm³/mol. The smallest absolute Gasteiger partial charge is 0.273 e. The molecule has 6 rings (SSSR count). The molecule has 10 nitrogen and oxygen atoms in total. The van der Waals surface area contributed by atoms with Crippen molar-refractivity contribution in [2.24, 2.45) is 23.7 Å². The summed E-state index contributed by atoms with van der Waals surface area (Å²) in [6.07, 6.45) is 0.709. The molecule has 44 heavy (non-hydrogen) atoms. The number of benzene rings is 3. The SMILES string of the molecule is O=C(CN(C(=O)c1ccc(Cl)c(Cl)c1)N1C(=O)[C@@H]2[C@H]3C[C@@H]([C@@H](Br)[C@H]3Br)[C@H]2C1=O)c1ccc(Oc2ccc([N+](=O)[O-])cc2)cc1. The summed E-state index contributed by atoms with van der Waals surface area (Å²) < 4.78 is 5.71. The van der Waals surface area contributed by atoms with Gasteiger partial charge in [-0.05, 0) is 72.9 Å². The van der Waals surface area contributed by atoms with E-state index >= 15 is 0 Å². The van der Waals surface area contributed by atoms with Crippen molar-refractivity contribution in [1.82, 2.24) is 10.0 Å². The standard InChI is InChI=1S/C30H21Br2Cl2N3O7/c31-26-19-12-20(27(26)32)25-24(19)29(40)36(30(25)41)35(28(39)15-3-10-21(33)22(34)11-15)13-23(38)14-1-6-17(7-2-14)44-18-8-4-16(5-9-18)37(42)43/h1-11,19-20,24-27H,12-13H2/t19-,20-,24-,25-,26-,27+/m1/s1. The van der Waals surface area contributed by atoms with Crippen LogP contribution in [-0.2, 0) is 9.59 Å². The first-order chi connectivity index (χ1) is 21.0. The minimum absolute atomic E-state index is 0.00181. The number of ketones is 1. The number of carbonyl (C=O) groups excluding carboxylic acids is 4. The van der Waals surface area contributed by atoms with Gasteiger partial charge in [-0.25, -0.2) is 5.01 Å². The van der Waals surface area contributed by atoms with Crippen molar-refractivity contribution in [2.45, 2.75) is 16.1 Å². The quantitative estimate of drug-likeness (QED) is 0.0820. The average molecular weight is 766 g/mol. The van der Waals surface area contributed by atoms with Crippen LogP contribution in [0.5, 0.6) is 11.5 Å². The molecule has 0 aromatic heterocycles. The summed E-state index contributed by atoms with van der Waals surface area (Å²) in [6.45, 7) is -0.594. The molecule has 1 aliphatic heterocycles. The van der Waals surface area contributed by atoms with Gasteiger partial charge in [0.2, 0.25) is 0 Å². The van der Waals surface area contributed by atoms with E-state index in [9.17, 15) is 29.3 Å². The fourth-order valence-corrected chi connectivity index (χ4v) is 8.46. The van der Waals surface area contributed by atoms with Crippen molar-refractivity contribution in [3.05, 3.63) is 98.0 Å². The molecule has 1 heterocycles. The van der Waals surface area contributed by atoms with E-state index < -0.39 is 46.8 Å². The third kappa shape index (κ3) is 5.31. The Kier molecular flexibility index (Phi) is 8.29. The number of non-ortho nitro benzene ring substituents is 1. The zero-order chi connectivity index (χ0) is 31.4. The Morgan fingerprint density at radius 2 is 1.39 bits per heavy atom. The van der Waals surface area contributed by atoms with Crippen molar-refractivity contribution < 1.29 is 28.8 Å².